The Morgan fingerprint density at radius 1 is 0.307 bits per heavy atom. The summed E-state index contributed by atoms with van der Waals surface area (Å²) in [7, 11) is 7.88. The molecule has 8 aliphatic rings. The van der Waals surface area contributed by atoms with Gasteiger partial charge in [0.05, 0.1) is 48.6 Å². The van der Waals surface area contributed by atoms with Crippen molar-refractivity contribution >= 4 is 150 Å². The zero-order valence-corrected chi connectivity index (χ0v) is 87.7. The molecule has 4 atom stereocenters. The molecule has 4 aliphatic carbocycles. The largest absolute Gasteiger partial charge is 0.340 e. The molecule has 4 unspecified atom stereocenters. The Morgan fingerprint density at radius 2 is 0.577 bits per heavy atom. The van der Waals surface area contributed by atoms with Crippen molar-refractivity contribution in [2.24, 2.45) is 28.2 Å². The zero-order valence-electron chi connectivity index (χ0n) is 76.8. The normalized spacial score (nSPS) is 18.2. The average molecular weight is 2250 g/mol. The molecule has 8 aromatic heterocycles. The van der Waals surface area contributed by atoms with Gasteiger partial charge in [-0.2, -0.15) is 0 Å². The number of aromatic nitrogens is 8. The SMILES string of the molecule is C[n+]1ccc(CC(=O)N2CCN(C3c4c(Cl)cccc4CCc4cc(Br)c[n+](O)c43)CC2)cc1.C[n+]1ccc(CC(=O)N2CCN(C3c4ccc(Cl)c(Br)c4CCc4cc(Br)c[n+](O)c43)CC2)cc1.C[n+]1ccc(CC(=O)N2CCN(C3c4ccc(Cl)cc4CCc4cc(Br)c[n+](O)c43)CC2)cc1.C[n+]1ccc(CC(=O)N2CCN(C3c4ccc(Cl)cc4CCc4cc(Br)c[n+](O)c43)CC2)cc1. The van der Waals surface area contributed by atoms with Crippen LogP contribution in [-0.2, 0) is 124 Å². The zero-order chi connectivity index (χ0) is 96.1. The molecule has 4 aliphatic heterocycles. The average Bonchev–Trinajstić information content (AvgIpc) is 1.69. The van der Waals surface area contributed by atoms with Gasteiger partial charge in [-0.05, 0) is 253 Å². The number of fused-ring (bicyclic) bond motifs is 8. The van der Waals surface area contributed by atoms with E-state index in [0.29, 0.717) is 101 Å². The second kappa shape index (κ2) is 44.2. The van der Waals surface area contributed by atoms with Crippen LogP contribution in [0.15, 0.2) is 236 Å². The van der Waals surface area contributed by atoms with Gasteiger partial charge in [-0.3, -0.25) is 59.6 Å². The van der Waals surface area contributed by atoms with Crippen LogP contribution >= 0.6 is 126 Å². The molecule has 137 heavy (non-hydrogen) atoms. The van der Waals surface area contributed by atoms with E-state index in [9.17, 15) is 40.0 Å². The van der Waals surface area contributed by atoms with Crippen LogP contribution in [0.3, 0.4) is 0 Å². The first-order valence-corrected chi connectivity index (χ1v) is 51.8. The highest BCUT2D eigenvalue weighted by Gasteiger charge is 2.46. The molecule has 4 saturated heterocycles. The number of hydrogen-bond acceptors (Lipinski definition) is 12. The lowest BCUT2D eigenvalue weighted by Crippen LogP contribution is -2.52. The summed E-state index contributed by atoms with van der Waals surface area (Å²) < 4.78 is 17.2. The molecule has 20 rings (SSSR count). The summed E-state index contributed by atoms with van der Waals surface area (Å²) in [5.74, 6) is 0.608. The number of pyridine rings is 8. The van der Waals surface area contributed by atoms with E-state index in [4.69, 9.17) is 46.4 Å². The standard InChI is InChI=1S/C26H27Br2ClN4O2.3C26H28BrClN4O2/c1-30-8-6-17(7-9-30)14-23(34)31-10-12-32(13-11-31)26-21-4-5-22(29)24(28)20(21)3-2-18-15-19(27)16-33(35)25(18)26;2*1-29-8-6-18(7-9-29)14-24(33)30-10-12-31(13-11-30)26-23-5-4-22(28)16-19(23)2-3-20-15-21(27)17-32(34)25(20)26;1-29-9-7-18(8-10-29)15-23(33)30-11-13-31(14-12-30)26-24-19(3-2-4-22(24)28)5-6-20-16-21(27)17-32(34)25(20)26/h4-9,15-16,26,35H,2-3,10-14H2,1H3;2*4-9,15-17,26,34H,2-3,10-14H2,1H3;2-4,7-10,16-17,26,34H,5-6,11-15H2,1H3/q4*+2. The summed E-state index contributed by atoms with van der Waals surface area (Å²) in [5.41, 5.74) is 21.4. The van der Waals surface area contributed by atoms with Gasteiger partial charge in [-0.15, -0.1) is 0 Å². The molecule has 0 spiro atoms. The lowest BCUT2D eigenvalue weighted by atomic mass is 9.96. The minimum Gasteiger partial charge on any atom is -0.340 e. The molecular weight excluding hydrogens is 2140 g/mol. The third kappa shape index (κ3) is 23.1. The molecule has 4 amide bonds. The maximum absolute atomic E-state index is 13.0. The highest BCUT2D eigenvalue weighted by atomic mass is 79.9. The van der Waals surface area contributed by atoms with Gasteiger partial charge in [-0.1, -0.05) is 76.7 Å². The number of aryl methyl sites for hydroxylation is 11. The fraction of sp³-hybridized carbons (Fsp3) is 0.346. The Kier molecular flexibility index (Phi) is 32.0. The van der Waals surface area contributed by atoms with Crippen molar-refractivity contribution in [1.82, 2.24) is 39.2 Å². The van der Waals surface area contributed by atoms with Gasteiger partial charge < -0.3 is 19.6 Å². The van der Waals surface area contributed by atoms with E-state index in [1.165, 1.54) is 52.3 Å². The van der Waals surface area contributed by atoms with Gasteiger partial charge in [0, 0.05) is 220 Å². The third-order valence-corrected chi connectivity index (χ3v) is 31.7. The van der Waals surface area contributed by atoms with Gasteiger partial charge in [0.25, 0.3) is 22.8 Å². The fourth-order valence-electron chi connectivity index (χ4n) is 20.6. The summed E-state index contributed by atoms with van der Waals surface area (Å²) in [6.45, 7) is 11.0. The van der Waals surface area contributed by atoms with Gasteiger partial charge in [0.1, 0.15) is 52.4 Å². The number of hydrogen-bond donors (Lipinski definition) is 4. The van der Waals surface area contributed by atoms with Crippen molar-refractivity contribution in [1.29, 1.82) is 0 Å². The van der Waals surface area contributed by atoms with Crippen LogP contribution in [-0.4, -0.2) is 188 Å². The Morgan fingerprint density at radius 3 is 0.898 bits per heavy atom. The van der Waals surface area contributed by atoms with Crippen LogP contribution in [0.1, 0.15) is 136 Å². The fourth-order valence-corrected chi connectivity index (χ4v) is 23.9. The van der Waals surface area contributed by atoms with Crippen molar-refractivity contribution in [3.05, 3.63) is 368 Å². The first kappa shape index (κ1) is 99.1. The Labute approximate surface area is 860 Å². The molecule has 4 fully saturated rings. The molecule has 710 valence electrons. The second-order valence-corrected chi connectivity index (χ2v) is 42.7. The van der Waals surface area contributed by atoms with E-state index in [2.05, 4.69) is 148 Å². The molecule has 33 heteroatoms. The van der Waals surface area contributed by atoms with Crippen LogP contribution in [0.5, 0.6) is 0 Å². The Hall–Kier alpha value is -9.44. The number of piperazine rings is 4. The van der Waals surface area contributed by atoms with Crippen LogP contribution in [0.4, 0.5) is 0 Å². The Balaban J connectivity index is 0.000000127. The van der Waals surface area contributed by atoms with E-state index in [-0.39, 0.29) is 47.8 Å². The molecule has 12 heterocycles. The van der Waals surface area contributed by atoms with Crippen molar-refractivity contribution in [2.45, 2.75) is 101 Å². The molecule has 12 aromatic rings. The summed E-state index contributed by atoms with van der Waals surface area (Å²) >= 11 is 43.7. The van der Waals surface area contributed by atoms with E-state index in [0.717, 1.165) is 201 Å². The maximum atomic E-state index is 13.0. The second-order valence-electron chi connectivity index (χ2n) is 36.6. The number of halogens is 9. The number of rotatable bonds is 12. The van der Waals surface area contributed by atoms with Crippen LogP contribution in [0, 0.1) is 0 Å². The summed E-state index contributed by atoms with van der Waals surface area (Å²) in [6, 6.07) is 46.0. The van der Waals surface area contributed by atoms with E-state index >= 15 is 0 Å². The summed E-state index contributed by atoms with van der Waals surface area (Å²) in [4.78, 5) is 69.2. The first-order chi connectivity index (χ1) is 66.0. The van der Waals surface area contributed by atoms with Gasteiger partial charge in [0.15, 0.2) is 49.6 Å². The van der Waals surface area contributed by atoms with Crippen LogP contribution in [0.25, 0.3) is 0 Å². The number of nitrogens with zero attached hydrogens (tertiary/aromatic N) is 16. The quantitative estimate of drug-likeness (QED) is 0.0666. The smallest absolute Gasteiger partial charge is 0.258 e. The van der Waals surface area contributed by atoms with Crippen molar-refractivity contribution in [3.63, 3.8) is 0 Å². The number of carbonyl (C=O) groups is 4. The molecule has 4 N–H and O–H groups in total. The van der Waals surface area contributed by atoms with E-state index in [1.54, 1.807) is 24.8 Å². The molecular formula is C104H111Br5Cl4N16O8+8. The van der Waals surface area contributed by atoms with Crippen molar-refractivity contribution in [2.75, 3.05) is 105 Å². The minimum absolute atomic E-state index is 0.103. The summed E-state index contributed by atoms with van der Waals surface area (Å²) in [6.07, 6.45) is 30.9. The van der Waals surface area contributed by atoms with Crippen molar-refractivity contribution < 1.29 is 77.2 Å². The predicted octanol–water partition coefficient (Wildman–Crippen LogP) is 12.9. The highest BCUT2D eigenvalue weighted by molar-refractivity contribution is 9.11. The van der Waals surface area contributed by atoms with Gasteiger partial charge in [-0.25, -0.2) is 18.3 Å². The minimum atomic E-state index is -0.175. The first-order valence-electron chi connectivity index (χ1n) is 46.4. The lowest BCUT2D eigenvalue weighted by Gasteiger charge is -2.38. The predicted molar refractivity (Wildman–Crippen MR) is 534 cm³/mol. The van der Waals surface area contributed by atoms with Crippen molar-refractivity contribution in [3.8, 4) is 0 Å². The molecule has 0 bridgehead atoms. The number of carbonyl (C=O) groups excluding carboxylic acids is 4. The third-order valence-electron chi connectivity index (χ3n) is 27.7. The van der Waals surface area contributed by atoms with Crippen LogP contribution in [0.2, 0.25) is 20.1 Å². The molecule has 4 aromatic carbocycles. The number of benzene rings is 4. The molecule has 0 radical (unpaired) electrons. The van der Waals surface area contributed by atoms with Crippen LogP contribution < -0.4 is 37.2 Å². The Bertz CT molecular complexity index is 6310. The maximum Gasteiger partial charge on any atom is 0.258 e. The topological polar surface area (TPSA) is 206 Å². The lowest BCUT2D eigenvalue weighted by molar-refractivity contribution is -0.911. The highest BCUT2D eigenvalue weighted by Crippen LogP contribution is 2.45. The molecule has 0 saturated carbocycles. The molecule has 24 nitrogen and oxygen atoms in total. The van der Waals surface area contributed by atoms with Gasteiger partial charge in [0.2, 0.25) is 48.4 Å². The van der Waals surface area contributed by atoms with E-state index < -0.39 is 0 Å². The van der Waals surface area contributed by atoms with Gasteiger partial charge >= 0.3 is 0 Å². The monoisotopic (exact) mass is 2250 g/mol. The number of amides is 4. The summed E-state index contributed by atoms with van der Waals surface area (Å²) in [5, 5.41) is 46.7. The van der Waals surface area contributed by atoms with E-state index in [1.807, 2.05) is 207 Å².